The molecule has 2 fully saturated rings. The van der Waals surface area contributed by atoms with Gasteiger partial charge in [-0.25, -0.2) is 4.79 Å². The zero-order valence-electron chi connectivity index (χ0n) is 12.6. The zero-order valence-corrected chi connectivity index (χ0v) is 13.4. The normalized spacial score (nSPS) is 24.4. The summed E-state index contributed by atoms with van der Waals surface area (Å²) in [4.78, 5) is 13.1. The Balaban J connectivity index is 1.55. The predicted molar refractivity (Wildman–Crippen MR) is 82.1 cm³/mol. The first kappa shape index (κ1) is 17.7. The van der Waals surface area contributed by atoms with Crippen LogP contribution < -0.4 is 10.6 Å². The summed E-state index contributed by atoms with van der Waals surface area (Å²) in [6, 6.07) is -0.162. The highest BCUT2D eigenvalue weighted by molar-refractivity contribution is 8.00. The second-order valence-corrected chi connectivity index (χ2v) is 7.47. The zero-order chi connectivity index (χ0) is 16.0. The molecule has 0 spiro atoms. The monoisotopic (exact) mass is 339 g/mol. The number of carbonyl (C=O) groups is 1. The van der Waals surface area contributed by atoms with E-state index in [-0.39, 0.29) is 11.9 Å². The summed E-state index contributed by atoms with van der Waals surface area (Å²) in [5.41, 5.74) is 0. The fraction of sp³-hybridized carbons (Fsp3) is 0.929. The van der Waals surface area contributed by atoms with Gasteiger partial charge in [0.15, 0.2) is 0 Å². The number of thioether (sulfide) groups is 1. The highest BCUT2D eigenvalue weighted by Gasteiger charge is 2.32. The van der Waals surface area contributed by atoms with Crippen molar-refractivity contribution in [2.24, 2.45) is 5.92 Å². The van der Waals surface area contributed by atoms with E-state index in [9.17, 15) is 18.0 Å². The smallest absolute Gasteiger partial charge is 0.338 e. The van der Waals surface area contributed by atoms with E-state index < -0.39 is 12.7 Å². The molecule has 2 saturated heterocycles. The number of amides is 2. The summed E-state index contributed by atoms with van der Waals surface area (Å²) in [5, 5.41) is 6.24. The number of rotatable bonds is 5. The van der Waals surface area contributed by atoms with Crippen LogP contribution in [0.3, 0.4) is 0 Å². The number of hydrogen-bond acceptors (Lipinski definition) is 3. The fourth-order valence-electron chi connectivity index (χ4n) is 2.91. The number of alkyl halides is 3. The fourth-order valence-corrected chi connectivity index (χ4v) is 4.11. The van der Waals surface area contributed by atoms with Gasteiger partial charge in [0.2, 0.25) is 0 Å². The average molecular weight is 339 g/mol. The van der Waals surface area contributed by atoms with E-state index in [4.69, 9.17) is 0 Å². The minimum Gasteiger partial charge on any atom is -0.338 e. The van der Waals surface area contributed by atoms with Crippen LogP contribution in [0.2, 0.25) is 0 Å². The maximum absolute atomic E-state index is 12.3. The van der Waals surface area contributed by atoms with Crippen LogP contribution in [0.1, 0.15) is 25.7 Å². The molecular weight excluding hydrogens is 315 g/mol. The summed E-state index contributed by atoms with van der Waals surface area (Å²) in [7, 11) is 0. The third kappa shape index (κ3) is 6.64. The molecule has 2 aliphatic heterocycles. The van der Waals surface area contributed by atoms with Crippen LogP contribution in [0.15, 0.2) is 0 Å². The van der Waals surface area contributed by atoms with Crippen LogP contribution in [-0.2, 0) is 0 Å². The first-order chi connectivity index (χ1) is 10.4. The van der Waals surface area contributed by atoms with Crippen molar-refractivity contribution in [3.8, 4) is 0 Å². The highest BCUT2D eigenvalue weighted by atomic mass is 32.2. The molecule has 2 heterocycles. The highest BCUT2D eigenvalue weighted by Crippen LogP contribution is 2.25. The van der Waals surface area contributed by atoms with Crippen LogP contribution in [0.25, 0.3) is 0 Å². The van der Waals surface area contributed by atoms with Crippen molar-refractivity contribution in [2.75, 3.05) is 38.5 Å². The van der Waals surface area contributed by atoms with E-state index in [1.54, 1.807) is 0 Å². The summed E-state index contributed by atoms with van der Waals surface area (Å²) < 4.78 is 36.9. The maximum Gasteiger partial charge on any atom is 0.401 e. The third-order valence-corrected chi connectivity index (χ3v) is 5.57. The molecule has 22 heavy (non-hydrogen) atoms. The molecule has 1 atom stereocenters. The standard InChI is InChI=1S/C14H24F3N3OS/c15-14(16,17)10-20-5-3-11(4-6-20)8-18-13(21)19-9-12-2-1-7-22-12/h11-12H,1-10H2,(H2,18,19,21). The number of nitrogens with zero attached hydrogens (tertiary/aromatic N) is 1. The van der Waals surface area contributed by atoms with E-state index in [0.29, 0.717) is 44.3 Å². The molecule has 0 aromatic rings. The van der Waals surface area contributed by atoms with Crippen molar-refractivity contribution in [1.29, 1.82) is 0 Å². The number of hydrogen-bond donors (Lipinski definition) is 2. The lowest BCUT2D eigenvalue weighted by Crippen LogP contribution is -2.44. The lowest BCUT2D eigenvalue weighted by atomic mass is 9.97. The van der Waals surface area contributed by atoms with Crippen molar-refractivity contribution >= 4 is 17.8 Å². The molecule has 2 aliphatic rings. The van der Waals surface area contributed by atoms with Crippen LogP contribution >= 0.6 is 11.8 Å². The van der Waals surface area contributed by atoms with E-state index in [2.05, 4.69) is 10.6 Å². The summed E-state index contributed by atoms with van der Waals surface area (Å²) in [6.45, 7) is 1.31. The molecule has 4 nitrogen and oxygen atoms in total. The lowest BCUT2D eigenvalue weighted by molar-refractivity contribution is -0.148. The van der Waals surface area contributed by atoms with Crippen molar-refractivity contribution in [2.45, 2.75) is 37.1 Å². The molecule has 0 saturated carbocycles. The van der Waals surface area contributed by atoms with Crippen LogP contribution in [-0.4, -0.2) is 60.8 Å². The molecule has 0 aromatic heterocycles. The molecule has 2 rings (SSSR count). The van der Waals surface area contributed by atoms with Gasteiger partial charge in [0.05, 0.1) is 6.54 Å². The molecule has 2 amide bonds. The second kappa shape index (κ2) is 8.29. The lowest BCUT2D eigenvalue weighted by Gasteiger charge is -2.32. The van der Waals surface area contributed by atoms with Crippen molar-refractivity contribution in [3.63, 3.8) is 0 Å². The summed E-state index contributed by atoms with van der Waals surface area (Å²) in [5.74, 6) is 1.45. The number of urea groups is 1. The minimum absolute atomic E-state index is 0.162. The Morgan fingerprint density at radius 3 is 2.41 bits per heavy atom. The van der Waals surface area contributed by atoms with Crippen LogP contribution in [0.4, 0.5) is 18.0 Å². The Kier molecular flexibility index (Phi) is 6.67. The predicted octanol–water partition coefficient (Wildman–Crippen LogP) is 2.46. The topological polar surface area (TPSA) is 44.4 Å². The van der Waals surface area contributed by atoms with Gasteiger partial charge in [-0.05, 0) is 50.4 Å². The molecule has 0 aromatic carbocycles. The number of likely N-dealkylation sites (tertiary alicyclic amines) is 1. The number of carbonyl (C=O) groups excluding carboxylic acids is 1. The van der Waals surface area contributed by atoms with E-state index >= 15 is 0 Å². The molecule has 8 heteroatoms. The van der Waals surface area contributed by atoms with Gasteiger partial charge in [0.25, 0.3) is 0 Å². The molecular formula is C14H24F3N3OS. The molecule has 2 N–H and O–H groups in total. The van der Waals surface area contributed by atoms with E-state index in [1.807, 2.05) is 11.8 Å². The van der Waals surface area contributed by atoms with Gasteiger partial charge >= 0.3 is 12.2 Å². The molecule has 0 aliphatic carbocycles. The van der Waals surface area contributed by atoms with E-state index in [1.165, 1.54) is 17.1 Å². The average Bonchev–Trinajstić information content (AvgIpc) is 2.96. The van der Waals surface area contributed by atoms with Gasteiger partial charge in [0.1, 0.15) is 0 Å². The number of piperidine rings is 1. The quantitative estimate of drug-likeness (QED) is 0.809. The molecule has 0 radical (unpaired) electrons. The largest absolute Gasteiger partial charge is 0.401 e. The van der Waals surface area contributed by atoms with Gasteiger partial charge in [-0.2, -0.15) is 24.9 Å². The van der Waals surface area contributed by atoms with Crippen LogP contribution in [0.5, 0.6) is 0 Å². The third-order valence-electron chi connectivity index (χ3n) is 4.18. The Labute approximate surface area is 133 Å². The second-order valence-electron chi connectivity index (χ2n) is 6.06. The number of nitrogens with one attached hydrogen (secondary N) is 2. The van der Waals surface area contributed by atoms with Gasteiger partial charge in [-0.15, -0.1) is 0 Å². The van der Waals surface area contributed by atoms with Gasteiger partial charge < -0.3 is 10.6 Å². The van der Waals surface area contributed by atoms with Crippen LogP contribution in [0, 0.1) is 5.92 Å². The van der Waals surface area contributed by atoms with E-state index in [0.717, 1.165) is 6.42 Å². The Hall–Kier alpha value is -0.630. The number of halogens is 3. The SMILES string of the molecule is O=C(NCC1CCN(CC(F)(F)F)CC1)NCC1CCCS1. The van der Waals surface area contributed by atoms with Gasteiger partial charge in [-0.1, -0.05) is 0 Å². The molecule has 0 bridgehead atoms. The summed E-state index contributed by atoms with van der Waals surface area (Å²) >= 11 is 1.90. The van der Waals surface area contributed by atoms with Gasteiger partial charge in [-0.3, -0.25) is 4.90 Å². The Bertz CT molecular complexity index is 354. The van der Waals surface area contributed by atoms with Gasteiger partial charge in [0, 0.05) is 18.3 Å². The Morgan fingerprint density at radius 1 is 1.14 bits per heavy atom. The Morgan fingerprint density at radius 2 is 1.82 bits per heavy atom. The molecule has 1 unspecified atom stereocenters. The summed E-state index contributed by atoms with van der Waals surface area (Å²) in [6.07, 6.45) is -0.343. The van der Waals surface area contributed by atoms with Crippen molar-refractivity contribution in [1.82, 2.24) is 15.5 Å². The first-order valence-electron chi connectivity index (χ1n) is 7.85. The maximum atomic E-state index is 12.3. The van der Waals surface area contributed by atoms with Crippen molar-refractivity contribution < 1.29 is 18.0 Å². The minimum atomic E-state index is -4.12. The first-order valence-corrected chi connectivity index (χ1v) is 8.89. The molecule has 128 valence electrons. The van der Waals surface area contributed by atoms with Crippen molar-refractivity contribution in [3.05, 3.63) is 0 Å².